The number of Topliss-reactive ketones (excluding diaryl/α,β-unsaturated/α-hetero) is 1. The highest BCUT2D eigenvalue weighted by Gasteiger charge is 2.06. The smallest absolute Gasteiger partial charge is 0.139 e. The first-order valence-corrected chi connectivity index (χ1v) is 4.61. The predicted octanol–water partition coefficient (Wildman–Crippen LogP) is 2.66. The van der Waals surface area contributed by atoms with E-state index in [0.29, 0.717) is 0 Å². The Hall–Kier alpha value is -1.11. The molecule has 0 aliphatic heterocycles. The van der Waals surface area contributed by atoms with Crippen LogP contribution in [-0.2, 0) is 11.2 Å². The molecule has 0 saturated carbocycles. The first-order valence-electron chi connectivity index (χ1n) is 4.61. The molecule has 0 aliphatic carbocycles. The van der Waals surface area contributed by atoms with Gasteiger partial charge in [0.05, 0.1) is 0 Å². The van der Waals surface area contributed by atoms with E-state index < -0.39 is 0 Å². The van der Waals surface area contributed by atoms with E-state index in [0.717, 1.165) is 6.42 Å². The molecule has 0 heterocycles. The summed E-state index contributed by atoms with van der Waals surface area (Å²) in [6.45, 7) is 3.84. The molecule has 0 N–H and O–H groups in total. The number of hydrogen-bond donors (Lipinski definition) is 0. The summed E-state index contributed by atoms with van der Waals surface area (Å²) in [5.74, 6) is 0.340. The van der Waals surface area contributed by atoms with E-state index in [1.165, 1.54) is 5.56 Å². The number of ketones is 1. The van der Waals surface area contributed by atoms with Gasteiger partial charge in [0.1, 0.15) is 5.78 Å². The van der Waals surface area contributed by atoms with Gasteiger partial charge in [-0.3, -0.25) is 4.79 Å². The van der Waals surface area contributed by atoms with Gasteiger partial charge in [-0.2, -0.15) is 0 Å². The molecular formula is C12H15O. The molecule has 1 heteroatoms. The Kier molecular flexibility index (Phi) is 3.69. The number of hydrogen-bond acceptors (Lipinski definition) is 1. The first-order chi connectivity index (χ1) is 6.20. The topological polar surface area (TPSA) is 17.1 Å². The molecule has 0 bridgehead atoms. The van der Waals surface area contributed by atoms with Crippen molar-refractivity contribution in [2.45, 2.75) is 20.3 Å². The van der Waals surface area contributed by atoms with Crippen LogP contribution in [-0.4, -0.2) is 5.78 Å². The van der Waals surface area contributed by atoms with Gasteiger partial charge in [0, 0.05) is 12.3 Å². The minimum atomic E-state index is 0.115. The summed E-state index contributed by atoms with van der Waals surface area (Å²) in [5.41, 5.74) is 1.19. The maximum absolute atomic E-state index is 11.3. The van der Waals surface area contributed by atoms with Crippen LogP contribution < -0.4 is 0 Å². The molecule has 0 aliphatic rings. The minimum Gasteiger partial charge on any atom is -0.299 e. The molecule has 0 unspecified atom stereocenters. The Labute approximate surface area is 79.8 Å². The van der Waals surface area contributed by atoms with E-state index >= 15 is 0 Å². The van der Waals surface area contributed by atoms with Crippen LogP contribution >= 0.6 is 0 Å². The van der Waals surface area contributed by atoms with Gasteiger partial charge in [-0.15, -0.1) is 0 Å². The zero-order chi connectivity index (χ0) is 9.68. The van der Waals surface area contributed by atoms with Crippen molar-refractivity contribution in [1.82, 2.24) is 0 Å². The zero-order valence-electron chi connectivity index (χ0n) is 8.16. The lowest BCUT2D eigenvalue weighted by Crippen LogP contribution is -2.08. The van der Waals surface area contributed by atoms with Crippen LogP contribution in [0.25, 0.3) is 0 Å². The highest BCUT2D eigenvalue weighted by atomic mass is 16.1. The van der Waals surface area contributed by atoms with Crippen molar-refractivity contribution in [3.63, 3.8) is 0 Å². The highest BCUT2D eigenvalue weighted by molar-refractivity contribution is 5.88. The average Bonchev–Trinajstić information content (AvgIpc) is 2.15. The zero-order valence-corrected chi connectivity index (χ0v) is 8.16. The molecule has 0 fully saturated rings. The lowest BCUT2D eigenvalue weighted by atomic mass is 10.0. The standard InChI is InChI=1S/C12H15O/c1-10(2)12(13)9-8-11-6-4-3-5-7-11/h3-7,9-10H,8H2,1-2H3. The van der Waals surface area contributed by atoms with Gasteiger partial charge in [0.15, 0.2) is 0 Å². The molecule has 1 nitrogen and oxygen atoms in total. The lowest BCUT2D eigenvalue weighted by Gasteiger charge is -2.02. The molecule has 1 aromatic rings. The fraction of sp³-hybridized carbons (Fsp3) is 0.333. The third-order valence-corrected chi connectivity index (χ3v) is 1.95. The largest absolute Gasteiger partial charge is 0.299 e. The Balaban J connectivity index is 2.40. The molecule has 0 spiro atoms. The van der Waals surface area contributed by atoms with Crippen LogP contribution in [0.15, 0.2) is 30.3 Å². The van der Waals surface area contributed by atoms with Crippen LogP contribution in [0.1, 0.15) is 19.4 Å². The monoisotopic (exact) mass is 175 g/mol. The molecule has 0 amide bonds. The first kappa shape index (κ1) is 9.97. The molecule has 1 aromatic carbocycles. The van der Waals surface area contributed by atoms with Gasteiger partial charge in [-0.1, -0.05) is 44.2 Å². The molecule has 0 aromatic heterocycles. The van der Waals surface area contributed by atoms with Crippen LogP contribution in [0.2, 0.25) is 0 Å². The van der Waals surface area contributed by atoms with Crippen LogP contribution in [0.4, 0.5) is 0 Å². The third kappa shape index (κ3) is 3.41. The van der Waals surface area contributed by atoms with Crippen molar-refractivity contribution in [2.24, 2.45) is 5.92 Å². The fourth-order valence-corrected chi connectivity index (χ4v) is 1.07. The number of benzene rings is 1. The highest BCUT2D eigenvalue weighted by Crippen LogP contribution is 2.05. The van der Waals surface area contributed by atoms with Gasteiger partial charge in [-0.25, -0.2) is 0 Å². The van der Waals surface area contributed by atoms with E-state index in [1.807, 2.05) is 44.2 Å². The van der Waals surface area contributed by atoms with Crippen LogP contribution in [0.5, 0.6) is 0 Å². The third-order valence-electron chi connectivity index (χ3n) is 1.95. The summed E-state index contributed by atoms with van der Waals surface area (Å²) >= 11 is 0. The van der Waals surface area contributed by atoms with E-state index in [4.69, 9.17) is 0 Å². The Morgan fingerprint density at radius 1 is 1.31 bits per heavy atom. The molecule has 1 rings (SSSR count). The Morgan fingerprint density at radius 2 is 1.92 bits per heavy atom. The normalized spacial score (nSPS) is 10.4. The minimum absolute atomic E-state index is 0.115. The van der Waals surface area contributed by atoms with Crippen molar-refractivity contribution in [3.8, 4) is 0 Å². The summed E-state index contributed by atoms with van der Waals surface area (Å²) < 4.78 is 0. The van der Waals surface area contributed by atoms with E-state index in [1.54, 1.807) is 6.42 Å². The van der Waals surface area contributed by atoms with Gasteiger partial charge in [-0.05, 0) is 12.0 Å². The van der Waals surface area contributed by atoms with Crippen molar-refractivity contribution in [2.75, 3.05) is 0 Å². The van der Waals surface area contributed by atoms with Gasteiger partial charge >= 0.3 is 0 Å². The van der Waals surface area contributed by atoms with Crippen molar-refractivity contribution < 1.29 is 4.79 Å². The molecule has 0 atom stereocenters. The van der Waals surface area contributed by atoms with Crippen molar-refractivity contribution >= 4 is 5.78 Å². The van der Waals surface area contributed by atoms with E-state index in [9.17, 15) is 4.79 Å². The van der Waals surface area contributed by atoms with Crippen LogP contribution in [0, 0.1) is 12.3 Å². The summed E-state index contributed by atoms with van der Waals surface area (Å²) in [6.07, 6.45) is 2.51. The molecule has 0 saturated heterocycles. The molecule has 69 valence electrons. The number of carbonyl (C=O) groups is 1. The SMILES string of the molecule is CC(C)C(=O)[CH]Cc1ccccc1. The quantitative estimate of drug-likeness (QED) is 0.687. The van der Waals surface area contributed by atoms with Crippen LogP contribution in [0.3, 0.4) is 0 Å². The Morgan fingerprint density at radius 3 is 2.46 bits per heavy atom. The summed E-state index contributed by atoms with van der Waals surface area (Å²) in [6, 6.07) is 10.0. The lowest BCUT2D eigenvalue weighted by molar-refractivity contribution is -0.118. The van der Waals surface area contributed by atoms with Crippen molar-refractivity contribution in [3.05, 3.63) is 42.3 Å². The second-order valence-corrected chi connectivity index (χ2v) is 3.45. The Bertz CT molecular complexity index is 262. The summed E-state index contributed by atoms with van der Waals surface area (Å²) in [7, 11) is 0. The number of carbonyl (C=O) groups excluding carboxylic acids is 1. The molecule has 13 heavy (non-hydrogen) atoms. The van der Waals surface area contributed by atoms with E-state index in [2.05, 4.69) is 0 Å². The van der Waals surface area contributed by atoms with Gasteiger partial charge in [0.2, 0.25) is 0 Å². The number of rotatable bonds is 4. The molecule has 1 radical (unpaired) electrons. The average molecular weight is 175 g/mol. The second kappa shape index (κ2) is 4.80. The van der Waals surface area contributed by atoms with Gasteiger partial charge in [0.25, 0.3) is 0 Å². The maximum Gasteiger partial charge on any atom is 0.139 e. The predicted molar refractivity (Wildman–Crippen MR) is 54.3 cm³/mol. The molecular weight excluding hydrogens is 160 g/mol. The van der Waals surface area contributed by atoms with Gasteiger partial charge < -0.3 is 0 Å². The summed E-state index contributed by atoms with van der Waals surface area (Å²) in [4.78, 5) is 11.3. The second-order valence-electron chi connectivity index (χ2n) is 3.45. The van der Waals surface area contributed by atoms with Crippen molar-refractivity contribution in [1.29, 1.82) is 0 Å². The fourth-order valence-electron chi connectivity index (χ4n) is 1.07. The summed E-state index contributed by atoms with van der Waals surface area (Å²) in [5, 5.41) is 0. The van der Waals surface area contributed by atoms with E-state index in [-0.39, 0.29) is 11.7 Å². The maximum atomic E-state index is 11.3.